The van der Waals surface area contributed by atoms with Gasteiger partial charge in [0, 0.05) is 55.7 Å². The molecule has 1 heterocycles. The summed E-state index contributed by atoms with van der Waals surface area (Å²) in [6.45, 7) is 0. The summed E-state index contributed by atoms with van der Waals surface area (Å²) in [6, 6.07) is 109. The van der Waals surface area contributed by atoms with Crippen LogP contribution in [0.4, 0.5) is 34.1 Å². The van der Waals surface area contributed by atoms with Gasteiger partial charge in [-0.3, -0.25) is 0 Å². The second-order valence-electron chi connectivity index (χ2n) is 19.7. The minimum atomic E-state index is 0.894. The highest BCUT2D eigenvalue weighted by molar-refractivity contribution is 6.17. The highest BCUT2D eigenvalue weighted by Gasteiger charge is 2.22. The van der Waals surface area contributed by atoms with Gasteiger partial charge in [0.2, 0.25) is 0 Å². The lowest BCUT2D eigenvalue weighted by atomic mass is 9.98. The van der Waals surface area contributed by atoms with E-state index in [0.717, 1.165) is 94.8 Å². The van der Waals surface area contributed by atoms with Crippen LogP contribution in [0.2, 0.25) is 0 Å². The van der Waals surface area contributed by atoms with Crippen molar-refractivity contribution in [1.29, 1.82) is 0 Å². The largest absolute Gasteiger partial charge is 0.455 e. The van der Waals surface area contributed by atoms with E-state index in [1.165, 1.54) is 38.4 Å². The smallest absolute Gasteiger partial charge is 0.143 e. The highest BCUT2D eigenvalue weighted by atomic mass is 16.3. The first-order valence-corrected chi connectivity index (χ1v) is 26.3. The molecule has 0 spiro atoms. The van der Waals surface area contributed by atoms with E-state index in [-0.39, 0.29) is 0 Å². The van der Waals surface area contributed by atoms with E-state index >= 15 is 0 Å². The van der Waals surface area contributed by atoms with Crippen LogP contribution in [0.5, 0.6) is 0 Å². The molecule has 14 rings (SSSR count). The van der Waals surface area contributed by atoms with E-state index in [0.29, 0.717) is 0 Å². The molecule has 13 aromatic carbocycles. The SMILES string of the molecule is c1ccc(-c2cccc(N(c3cccc(-c4ccccc4N(c4ccc(-c5cccc6c5oc5c7ccccc7ccc65)cc4)c4cccc(-c5ccccc5)c4)c3)c3ccc4cc(-c5ccccc5)ccc4c3)c2)cc1. The zero-order valence-corrected chi connectivity index (χ0v) is 42.2. The Morgan fingerprint density at radius 1 is 0.208 bits per heavy atom. The van der Waals surface area contributed by atoms with Gasteiger partial charge in [0.05, 0.1) is 5.69 Å². The summed E-state index contributed by atoms with van der Waals surface area (Å²) in [4.78, 5) is 4.80. The number of rotatable bonds is 11. The predicted octanol–water partition coefficient (Wildman–Crippen LogP) is 21.2. The van der Waals surface area contributed by atoms with Crippen LogP contribution in [-0.2, 0) is 0 Å². The molecule has 0 unspecified atom stereocenters. The summed E-state index contributed by atoms with van der Waals surface area (Å²) in [7, 11) is 0. The molecular formula is C74H50N2O. The Hall–Kier alpha value is -10.2. The third kappa shape index (κ3) is 8.56. The van der Waals surface area contributed by atoms with Crippen LogP contribution in [0, 0.1) is 0 Å². The van der Waals surface area contributed by atoms with Crippen LogP contribution < -0.4 is 9.80 Å². The van der Waals surface area contributed by atoms with E-state index in [1.54, 1.807) is 0 Å². The molecular weight excluding hydrogens is 933 g/mol. The second-order valence-corrected chi connectivity index (χ2v) is 19.7. The van der Waals surface area contributed by atoms with Crippen molar-refractivity contribution in [3.8, 4) is 55.6 Å². The molecule has 0 N–H and O–H groups in total. The summed E-state index contributed by atoms with van der Waals surface area (Å²) in [5, 5.41) is 6.90. The maximum atomic E-state index is 6.82. The Morgan fingerprint density at radius 3 is 1.34 bits per heavy atom. The molecule has 0 bridgehead atoms. The Balaban J connectivity index is 0.896. The zero-order valence-electron chi connectivity index (χ0n) is 42.2. The number of anilines is 6. The van der Waals surface area contributed by atoms with Crippen molar-refractivity contribution in [2.75, 3.05) is 9.80 Å². The van der Waals surface area contributed by atoms with Crippen molar-refractivity contribution >= 4 is 77.6 Å². The lowest BCUT2D eigenvalue weighted by Crippen LogP contribution is -2.12. The molecule has 0 saturated heterocycles. The van der Waals surface area contributed by atoms with E-state index in [1.807, 2.05) is 0 Å². The normalized spacial score (nSPS) is 11.4. The van der Waals surface area contributed by atoms with Gasteiger partial charge in [-0.1, -0.05) is 224 Å². The molecule has 0 atom stereocenters. The summed E-state index contributed by atoms with van der Waals surface area (Å²) in [6.07, 6.45) is 0. The Morgan fingerprint density at radius 2 is 0.649 bits per heavy atom. The fourth-order valence-corrected chi connectivity index (χ4v) is 11.2. The van der Waals surface area contributed by atoms with Crippen molar-refractivity contribution in [3.05, 3.63) is 303 Å². The average Bonchev–Trinajstić information content (AvgIpc) is 3.94. The number of nitrogens with zero attached hydrogens (tertiary/aromatic N) is 2. The first kappa shape index (κ1) is 45.4. The Bertz CT molecular complexity index is 4450. The van der Waals surface area contributed by atoms with E-state index in [4.69, 9.17) is 4.42 Å². The van der Waals surface area contributed by atoms with Crippen molar-refractivity contribution < 1.29 is 4.42 Å². The third-order valence-corrected chi connectivity index (χ3v) is 15.0. The van der Waals surface area contributed by atoms with Gasteiger partial charge < -0.3 is 14.2 Å². The van der Waals surface area contributed by atoms with Crippen molar-refractivity contribution in [2.45, 2.75) is 0 Å². The number of para-hydroxylation sites is 2. The molecule has 0 radical (unpaired) electrons. The van der Waals surface area contributed by atoms with Gasteiger partial charge in [0.25, 0.3) is 0 Å². The molecule has 3 heteroatoms. The molecule has 3 nitrogen and oxygen atoms in total. The van der Waals surface area contributed by atoms with Gasteiger partial charge in [-0.2, -0.15) is 0 Å². The van der Waals surface area contributed by atoms with E-state index < -0.39 is 0 Å². The monoisotopic (exact) mass is 982 g/mol. The average molecular weight is 983 g/mol. The number of fused-ring (bicyclic) bond motifs is 6. The molecule has 0 saturated carbocycles. The van der Waals surface area contributed by atoms with Crippen molar-refractivity contribution in [3.63, 3.8) is 0 Å². The van der Waals surface area contributed by atoms with Crippen LogP contribution >= 0.6 is 0 Å². The van der Waals surface area contributed by atoms with Crippen molar-refractivity contribution in [1.82, 2.24) is 0 Å². The van der Waals surface area contributed by atoms with Crippen LogP contribution in [0.1, 0.15) is 0 Å². The van der Waals surface area contributed by atoms with Gasteiger partial charge in [-0.05, 0) is 140 Å². The molecule has 0 aliphatic carbocycles. The van der Waals surface area contributed by atoms with Gasteiger partial charge in [-0.25, -0.2) is 0 Å². The lowest BCUT2D eigenvalue weighted by Gasteiger charge is -2.29. The highest BCUT2D eigenvalue weighted by Crippen LogP contribution is 2.46. The number of hydrogen-bond acceptors (Lipinski definition) is 3. The second kappa shape index (κ2) is 19.6. The standard InChI is InChI=1S/C74H50N2O/c1-4-18-51(19-5-1)56-25-14-28-63(47-56)75(66-44-40-59-46-58(36-37-60(59)49-66)53-22-8-3-9-23-53)64-29-16-27-61(50-64)67-31-12-13-35-72(67)76(65-30-15-26-57(48-65)52-20-6-2-7-21-52)62-42-38-55(39-43-62)69-33-17-34-70-71-45-41-54-24-10-11-32-68(54)74(71)77-73(69)70/h1-50H. The number of benzene rings is 13. The maximum absolute atomic E-state index is 6.82. The predicted molar refractivity (Wildman–Crippen MR) is 325 cm³/mol. The van der Waals surface area contributed by atoms with Gasteiger partial charge in [0.15, 0.2) is 0 Å². The minimum absolute atomic E-state index is 0.894. The Kier molecular flexibility index (Phi) is 11.5. The quantitative estimate of drug-likeness (QED) is 0.129. The molecule has 0 aliphatic heterocycles. The maximum Gasteiger partial charge on any atom is 0.143 e. The fraction of sp³-hybridized carbons (Fsp3) is 0. The molecule has 362 valence electrons. The van der Waals surface area contributed by atoms with Crippen LogP contribution in [-0.4, -0.2) is 0 Å². The summed E-state index contributed by atoms with van der Waals surface area (Å²) >= 11 is 0. The lowest BCUT2D eigenvalue weighted by molar-refractivity contribution is 0.674. The number of furan rings is 1. The summed E-state index contributed by atoms with van der Waals surface area (Å²) < 4.78 is 6.82. The molecule has 0 aliphatic rings. The molecule has 0 amide bonds. The molecule has 14 aromatic rings. The third-order valence-electron chi connectivity index (χ3n) is 15.0. The van der Waals surface area contributed by atoms with Crippen LogP contribution in [0.3, 0.4) is 0 Å². The van der Waals surface area contributed by atoms with Crippen LogP contribution in [0.25, 0.3) is 99.1 Å². The molecule has 77 heavy (non-hydrogen) atoms. The first-order valence-electron chi connectivity index (χ1n) is 26.3. The molecule has 0 fully saturated rings. The molecule has 1 aromatic heterocycles. The van der Waals surface area contributed by atoms with Gasteiger partial charge in [0.1, 0.15) is 11.2 Å². The summed E-state index contributed by atoms with van der Waals surface area (Å²) in [5.74, 6) is 0. The first-order chi connectivity index (χ1) is 38.2. The van der Waals surface area contributed by atoms with Crippen LogP contribution in [0.15, 0.2) is 308 Å². The van der Waals surface area contributed by atoms with E-state index in [2.05, 4.69) is 313 Å². The number of hydrogen-bond donors (Lipinski definition) is 0. The van der Waals surface area contributed by atoms with Crippen molar-refractivity contribution in [2.24, 2.45) is 0 Å². The summed E-state index contributed by atoms with van der Waals surface area (Å²) in [5.41, 5.74) is 19.6. The topological polar surface area (TPSA) is 19.6 Å². The van der Waals surface area contributed by atoms with E-state index in [9.17, 15) is 0 Å². The van der Waals surface area contributed by atoms with Gasteiger partial charge in [-0.15, -0.1) is 0 Å². The zero-order chi connectivity index (χ0) is 51.1. The Labute approximate surface area is 448 Å². The van der Waals surface area contributed by atoms with Gasteiger partial charge >= 0.3 is 0 Å². The fourth-order valence-electron chi connectivity index (χ4n) is 11.2. The minimum Gasteiger partial charge on any atom is -0.455 e.